The van der Waals surface area contributed by atoms with E-state index in [2.05, 4.69) is 27.3 Å². The average Bonchev–Trinajstić information content (AvgIpc) is 3.17. The minimum absolute atomic E-state index is 0.253. The van der Waals surface area contributed by atoms with E-state index < -0.39 is 0 Å². The van der Waals surface area contributed by atoms with Crippen molar-refractivity contribution in [3.63, 3.8) is 0 Å². The maximum Gasteiger partial charge on any atom is 0.286 e. The van der Waals surface area contributed by atoms with E-state index in [0.29, 0.717) is 23.1 Å². The lowest BCUT2D eigenvalue weighted by molar-refractivity contribution is 0.102. The molecule has 8 heteroatoms. The first kappa shape index (κ1) is 21.2. The van der Waals surface area contributed by atoms with Crippen LogP contribution in [0.2, 0.25) is 5.02 Å². The molecule has 6 nitrogen and oxygen atoms in total. The zero-order valence-electron chi connectivity index (χ0n) is 16.6. The van der Waals surface area contributed by atoms with E-state index in [-0.39, 0.29) is 5.91 Å². The van der Waals surface area contributed by atoms with Gasteiger partial charge in [0.2, 0.25) is 5.01 Å². The molecular formula is C21H23ClN4O2S. The van der Waals surface area contributed by atoms with E-state index in [4.69, 9.17) is 16.3 Å². The highest BCUT2D eigenvalue weighted by atomic mass is 35.5. The third kappa shape index (κ3) is 5.76. The number of benzene rings is 2. The molecule has 0 aliphatic heterocycles. The first-order valence-electron chi connectivity index (χ1n) is 9.22. The van der Waals surface area contributed by atoms with Gasteiger partial charge in [-0.1, -0.05) is 42.0 Å². The van der Waals surface area contributed by atoms with Crippen LogP contribution in [0.25, 0.3) is 0 Å². The molecule has 0 spiro atoms. The molecular weight excluding hydrogens is 408 g/mol. The van der Waals surface area contributed by atoms with Crippen LogP contribution < -0.4 is 10.1 Å². The number of hydrogen-bond acceptors (Lipinski definition) is 6. The summed E-state index contributed by atoms with van der Waals surface area (Å²) in [4.78, 5) is 14.5. The Morgan fingerprint density at radius 3 is 2.62 bits per heavy atom. The van der Waals surface area contributed by atoms with Gasteiger partial charge in [0, 0.05) is 22.8 Å². The Kier molecular flexibility index (Phi) is 7.19. The molecule has 3 aromatic rings. The van der Waals surface area contributed by atoms with E-state index in [1.54, 1.807) is 13.2 Å². The van der Waals surface area contributed by atoms with Crippen LogP contribution in [-0.4, -0.2) is 35.2 Å². The molecule has 0 atom stereocenters. The molecule has 1 aromatic heterocycles. The van der Waals surface area contributed by atoms with Gasteiger partial charge in [-0.15, -0.1) is 10.2 Å². The van der Waals surface area contributed by atoms with Gasteiger partial charge < -0.3 is 10.1 Å². The van der Waals surface area contributed by atoms with Crippen molar-refractivity contribution in [1.82, 2.24) is 15.1 Å². The van der Waals surface area contributed by atoms with Gasteiger partial charge in [0.1, 0.15) is 10.8 Å². The number of rotatable bonds is 8. The number of ether oxygens (including phenoxy) is 1. The van der Waals surface area contributed by atoms with Crippen LogP contribution in [0, 0.1) is 0 Å². The first-order chi connectivity index (χ1) is 14.0. The van der Waals surface area contributed by atoms with E-state index in [9.17, 15) is 4.79 Å². The van der Waals surface area contributed by atoms with Crippen LogP contribution in [0.4, 0.5) is 5.69 Å². The fraction of sp³-hybridized carbons (Fsp3) is 0.286. The lowest BCUT2D eigenvalue weighted by atomic mass is 10.1. The number of nitrogens with one attached hydrogen (secondary N) is 1. The summed E-state index contributed by atoms with van der Waals surface area (Å²) in [5, 5.41) is 12.8. The molecule has 0 aliphatic carbocycles. The number of anilines is 1. The van der Waals surface area contributed by atoms with Crippen molar-refractivity contribution in [2.75, 3.05) is 19.5 Å². The molecule has 152 valence electrons. The molecule has 29 heavy (non-hydrogen) atoms. The third-order valence-electron chi connectivity index (χ3n) is 4.37. The summed E-state index contributed by atoms with van der Waals surface area (Å²) in [7, 11) is 3.61. The highest BCUT2D eigenvalue weighted by molar-refractivity contribution is 7.13. The summed E-state index contributed by atoms with van der Waals surface area (Å²) in [6.07, 6.45) is 0.961. The number of halogens is 1. The fourth-order valence-corrected chi connectivity index (χ4v) is 3.88. The SMILES string of the molecule is CCc1ccc(NC(=O)c2nnc(CN(C)Cc3cc(Cl)ccc3OC)s2)cc1. The molecule has 1 amide bonds. The Balaban J connectivity index is 1.60. The van der Waals surface area contributed by atoms with Gasteiger partial charge in [0.05, 0.1) is 13.7 Å². The van der Waals surface area contributed by atoms with E-state index >= 15 is 0 Å². The zero-order chi connectivity index (χ0) is 20.8. The molecule has 0 saturated heterocycles. The normalized spacial score (nSPS) is 10.9. The van der Waals surface area contributed by atoms with Crippen molar-refractivity contribution >= 4 is 34.5 Å². The molecule has 0 unspecified atom stereocenters. The number of hydrogen-bond donors (Lipinski definition) is 1. The number of methoxy groups -OCH3 is 1. The molecule has 3 rings (SSSR count). The van der Waals surface area contributed by atoms with Crippen molar-refractivity contribution in [1.29, 1.82) is 0 Å². The number of carbonyl (C=O) groups is 1. The molecule has 1 heterocycles. The molecule has 0 aliphatic rings. The number of aromatic nitrogens is 2. The van der Waals surface area contributed by atoms with E-state index in [0.717, 1.165) is 28.4 Å². The van der Waals surface area contributed by atoms with Crippen LogP contribution in [0.1, 0.15) is 32.9 Å². The average molecular weight is 431 g/mol. The quantitative estimate of drug-likeness (QED) is 0.563. The van der Waals surface area contributed by atoms with Gasteiger partial charge in [-0.05, 0) is 49.4 Å². The second-order valence-electron chi connectivity index (χ2n) is 6.63. The third-order valence-corrected chi connectivity index (χ3v) is 5.51. The summed E-state index contributed by atoms with van der Waals surface area (Å²) in [6, 6.07) is 13.3. The summed E-state index contributed by atoms with van der Waals surface area (Å²) >= 11 is 7.39. The van der Waals surface area contributed by atoms with Crippen LogP contribution in [0.15, 0.2) is 42.5 Å². The van der Waals surface area contributed by atoms with Crippen molar-refractivity contribution in [3.05, 3.63) is 68.6 Å². The number of aryl methyl sites for hydroxylation is 1. The lowest BCUT2D eigenvalue weighted by Crippen LogP contribution is -2.17. The lowest BCUT2D eigenvalue weighted by Gasteiger charge is -2.17. The highest BCUT2D eigenvalue weighted by Crippen LogP contribution is 2.24. The van der Waals surface area contributed by atoms with Crippen molar-refractivity contribution in [2.24, 2.45) is 0 Å². The summed E-state index contributed by atoms with van der Waals surface area (Å²) in [5.41, 5.74) is 2.95. The Hall–Kier alpha value is -2.48. The van der Waals surface area contributed by atoms with Crippen LogP contribution in [-0.2, 0) is 19.5 Å². The maximum atomic E-state index is 12.4. The van der Waals surface area contributed by atoms with Crippen molar-refractivity contribution in [3.8, 4) is 5.75 Å². The van der Waals surface area contributed by atoms with Crippen LogP contribution in [0.5, 0.6) is 5.75 Å². The largest absolute Gasteiger partial charge is 0.496 e. The second-order valence-corrected chi connectivity index (χ2v) is 8.13. The Morgan fingerprint density at radius 1 is 1.17 bits per heavy atom. The molecule has 0 saturated carbocycles. The monoisotopic (exact) mass is 430 g/mol. The van der Waals surface area contributed by atoms with Gasteiger partial charge in [-0.2, -0.15) is 0 Å². The van der Waals surface area contributed by atoms with Crippen LogP contribution >= 0.6 is 22.9 Å². The Labute approximate surface area is 179 Å². The Morgan fingerprint density at radius 2 is 1.93 bits per heavy atom. The van der Waals surface area contributed by atoms with Crippen LogP contribution in [0.3, 0.4) is 0 Å². The molecule has 1 N–H and O–H groups in total. The van der Waals surface area contributed by atoms with Gasteiger partial charge in [0.25, 0.3) is 5.91 Å². The smallest absolute Gasteiger partial charge is 0.286 e. The topological polar surface area (TPSA) is 67.4 Å². The van der Waals surface area contributed by atoms with Crippen molar-refractivity contribution < 1.29 is 9.53 Å². The van der Waals surface area contributed by atoms with Crippen molar-refractivity contribution in [2.45, 2.75) is 26.4 Å². The molecule has 2 aromatic carbocycles. The molecule has 0 radical (unpaired) electrons. The number of amides is 1. The summed E-state index contributed by atoms with van der Waals surface area (Å²) < 4.78 is 5.39. The minimum atomic E-state index is -0.253. The van der Waals surface area contributed by atoms with Gasteiger partial charge in [-0.25, -0.2) is 0 Å². The number of nitrogens with zero attached hydrogens (tertiary/aromatic N) is 3. The second kappa shape index (κ2) is 9.82. The highest BCUT2D eigenvalue weighted by Gasteiger charge is 2.15. The molecule has 0 fully saturated rings. The minimum Gasteiger partial charge on any atom is -0.496 e. The van der Waals surface area contributed by atoms with Gasteiger partial charge >= 0.3 is 0 Å². The Bertz CT molecular complexity index is 975. The summed E-state index contributed by atoms with van der Waals surface area (Å²) in [5.74, 6) is 0.532. The fourth-order valence-electron chi connectivity index (χ4n) is 2.87. The van der Waals surface area contributed by atoms with Gasteiger partial charge in [-0.3, -0.25) is 9.69 Å². The van der Waals surface area contributed by atoms with Gasteiger partial charge in [0.15, 0.2) is 0 Å². The molecule has 0 bridgehead atoms. The van der Waals surface area contributed by atoms with E-state index in [1.165, 1.54) is 16.9 Å². The predicted octanol–water partition coefficient (Wildman–Crippen LogP) is 4.65. The maximum absolute atomic E-state index is 12.4. The predicted molar refractivity (Wildman–Crippen MR) is 117 cm³/mol. The standard InChI is InChI=1S/C21H23ClN4O2S/c1-4-14-5-8-17(9-6-14)23-20(27)21-25-24-19(29-21)13-26(2)12-15-11-16(22)7-10-18(15)28-3/h5-11H,4,12-13H2,1-3H3,(H,23,27). The van der Waals surface area contributed by atoms with E-state index in [1.807, 2.05) is 43.4 Å². The summed E-state index contributed by atoms with van der Waals surface area (Å²) in [6.45, 7) is 3.29. The zero-order valence-corrected chi connectivity index (χ0v) is 18.2. The number of carbonyl (C=O) groups excluding carboxylic acids is 1. The first-order valence-corrected chi connectivity index (χ1v) is 10.4.